The van der Waals surface area contributed by atoms with E-state index in [9.17, 15) is 9.59 Å². The summed E-state index contributed by atoms with van der Waals surface area (Å²) in [5.41, 5.74) is 2.56. The van der Waals surface area contributed by atoms with Crippen molar-refractivity contribution in [3.8, 4) is 11.1 Å². The van der Waals surface area contributed by atoms with Crippen LogP contribution in [0, 0.1) is 5.41 Å². The third kappa shape index (κ3) is 4.73. The summed E-state index contributed by atoms with van der Waals surface area (Å²) in [6.45, 7) is 7.16. The molecule has 2 amide bonds. The predicted molar refractivity (Wildman–Crippen MR) is 115 cm³/mol. The van der Waals surface area contributed by atoms with Gasteiger partial charge in [-0.05, 0) is 36.5 Å². The molecule has 2 heterocycles. The van der Waals surface area contributed by atoms with Crippen LogP contribution in [-0.4, -0.2) is 41.3 Å². The van der Waals surface area contributed by atoms with Crippen molar-refractivity contribution in [1.29, 1.82) is 0 Å². The lowest BCUT2D eigenvalue weighted by molar-refractivity contribution is -0.141. The Labute approximate surface area is 172 Å². The smallest absolute Gasteiger partial charge is 0.228 e. The number of benzene rings is 1. The highest BCUT2D eigenvalue weighted by molar-refractivity contribution is 5.85. The van der Waals surface area contributed by atoms with Gasteiger partial charge in [0.1, 0.15) is 0 Å². The number of amides is 2. The third-order valence-corrected chi connectivity index (χ3v) is 5.64. The van der Waals surface area contributed by atoms with Crippen molar-refractivity contribution >= 4 is 11.8 Å². The molecule has 0 radical (unpaired) electrons. The van der Waals surface area contributed by atoms with Crippen molar-refractivity contribution < 1.29 is 9.59 Å². The minimum atomic E-state index is -0.648. The van der Waals surface area contributed by atoms with Gasteiger partial charge in [0.15, 0.2) is 0 Å². The summed E-state index contributed by atoms with van der Waals surface area (Å²) >= 11 is 0. The molecule has 152 valence electrons. The van der Waals surface area contributed by atoms with E-state index < -0.39 is 5.41 Å². The quantitative estimate of drug-likeness (QED) is 0.734. The molecule has 1 aliphatic rings. The molecule has 1 fully saturated rings. The second-order valence-corrected chi connectivity index (χ2v) is 7.63. The number of nitrogens with zero attached hydrogens (tertiary/aromatic N) is 2. The largest absolute Gasteiger partial charge is 0.352 e. The lowest BCUT2D eigenvalue weighted by Crippen LogP contribution is -2.54. The Bertz CT molecular complexity index is 865. The number of rotatable bonds is 7. The number of hydrogen-bond acceptors (Lipinski definition) is 3. The molecular weight excluding hydrogens is 362 g/mol. The van der Waals surface area contributed by atoms with Gasteiger partial charge in [0, 0.05) is 44.0 Å². The number of aromatic nitrogens is 1. The van der Waals surface area contributed by atoms with E-state index >= 15 is 0 Å². The van der Waals surface area contributed by atoms with Gasteiger partial charge in [-0.3, -0.25) is 14.6 Å². The highest BCUT2D eigenvalue weighted by Gasteiger charge is 2.43. The molecule has 1 N–H and O–H groups in total. The van der Waals surface area contributed by atoms with Crippen molar-refractivity contribution in [2.75, 3.05) is 19.6 Å². The van der Waals surface area contributed by atoms with Gasteiger partial charge in [0.2, 0.25) is 11.8 Å². The molecule has 5 heteroatoms. The van der Waals surface area contributed by atoms with Crippen LogP contribution in [0.5, 0.6) is 0 Å². The molecule has 1 saturated heterocycles. The Morgan fingerprint density at radius 3 is 2.83 bits per heavy atom. The monoisotopic (exact) mass is 391 g/mol. The molecule has 0 spiro atoms. The topological polar surface area (TPSA) is 62.3 Å². The Hall–Kier alpha value is -2.95. The number of piperidine rings is 1. The van der Waals surface area contributed by atoms with Gasteiger partial charge in [0.05, 0.1) is 5.41 Å². The fourth-order valence-corrected chi connectivity index (χ4v) is 4.17. The third-order valence-electron chi connectivity index (χ3n) is 5.64. The predicted octanol–water partition coefficient (Wildman–Crippen LogP) is 3.61. The first-order chi connectivity index (χ1) is 14.1. The van der Waals surface area contributed by atoms with E-state index in [1.807, 2.05) is 42.3 Å². The molecule has 2 aromatic rings. The maximum atomic E-state index is 13.3. The molecule has 29 heavy (non-hydrogen) atoms. The Kier molecular flexibility index (Phi) is 6.81. The minimum Gasteiger partial charge on any atom is -0.352 e. The van der Waals surface area contributed by atoms with Crippen molar-refractivity contribution in [2.45, 2.75) is 32.6 Å². The van der Waals surface area contributed by atoms with Crippen LogP contribution in [0.1, 0.15) is 31.7 Å². The second kappa shape index (κ2) is 9.50. The maximum absolute atomic E-state index is 13.3. The molecule has 3 rings (SSSR count). The van der Waals surface area contributed by atoms with E-state index in [1.165, 1.54) is 0 Å². The number of hydrogen-bond donors (Lipinski definition) is 1. The molecule has 0 bridgehead atoms. The molecule has 1 aliphatic heterocycles. The van der Waals surface area contributed by atoms with Gasteiger partial charge in [-0.2, -0.15) is 0 Å². The Morgan fingerprint density at radius 1 is 1.28 bits per heavy atom. The maximum Gasteiger partial charge on any atom is 0.228 e. The first-order valence-corrected chi connectivity index (χ1v) is 10.2. The van der Waals surface area contributed by atoms with Crippen LogP contribution in [0.4, 0.5) is 0 Å². The molecule has 1 unspecified atom stereocenters. The van der Waals surface area contributed by atoms with Crippen molar-refractivity contribution in [3.63, 3.8) is 0 Å². The number of likely N-dealkylation sites (tertiary alicyclic amines) is 1. The summed E-state index contributed by atoms with van der Waals surface area (Å²) in [7, 11) is 0. The summed E-state index contributed by atoms with van der Waals surface area (Å²) in [6.07, 6.45) is 7.90. The van der Waals surface area contributed by atoms with Crippen LogP contribution >= 0.6 is 0 Å². The SMILES string of the molecule is C=CCNC(=O)C1(Cc2ccccc2-c2cccnc2)CCCN(C(=O)CC)C1. The van der Waals surface area contributed by atoms with Crippen LogP contribution in [0.15, 0.2) is 61.4 Å². The zero-order valence-electron chi connectivity index (χ0n) is 17.1. The van der Waals surface area contributed by atoms with Gasteiger partial charge in [-0.1, -0.05) is 43.3 Å². The minimum absolute atomic E-state index is 0.00741. The molecule has 0 saturated carbocycles. The Balaban J connectivity index is 1.97. The number of nitrogens with one attached hydrogen (secondary N) is 1. The highest BCUT2D eigenvalue weighted by Crippen LogP contribution is 2.37. The van der Waals surface area contributed by atoms with Gasteiger partial charge in [0.25, 0.3) is 0 Å². The van der Waals surface area contributed by atoms with E-state index in [2.05, 4.69) is 29.0 Å². The summed E-state index contributed by atoms with van der Waals surface area (Å²) < 4.78 is 0. The molecule has 1 atom stereocenters. The van der Waals surface area contributed by atoms with E-state index in [0.29, 0.717) is 32.5 Å². The number of carbonyl (C=O) groups excluding carboxylic acids is 2. The van der Waals surface area contributed by atoms with E-state index in [1.54, 1.807) is 12.3 Å². The van der Waals surface area contributed by atoms with Crippen molar-refractivity contribution in [3.05, 3.63) is 67.0 Å². The summed E-state index contributed by atoms with van der Waals surface area (Å²) in [5, 5.41) is 2.99. The second-order valence-electron chi connectivity index (χ2n) is 7.63. The summed E-state index contributed by atoms with van der Waals surface area (Å²) in [4.78, 5) is 31.8. The number of carbonyl (C=O) groups is 2. The van der Waals surface area contributed by atoms with Gasteiger partial charge in [-0.15, -0.1) is 6.58 Å². The first-order valence-electron chi connectivity index (χ1n) is 10.2. The van der Waals surface area contributed by atoms with Gasteiger partial charge < -0.3 is 10.2 Å². The summed E-state index contributed by atoms with van der Waals surface area (Å²) in [6, 6.07) is 12.1. The zero-order chi connectivity index (χ0) is 20.7. The zero-order valence-corrected chi connectivity index (χ0v) is 17.1. The van der Waals surface area contributed by atoms with Crippen LogP contribution in [0.25, 0.3) is 11.1 Å². The first kappa shape index (κ1) is 20.8. The fraction of sp³-hybridized carbons (Fsp3) is 0.375. The van der Waals surface area contributed by atoms with Gasteiger partial charge in [-0.25, -0.2) is 0 Å². The van der Waals surface area contributed by atoms with E-state index in [-0.39, 0.29) is 11.8 Å². The molecule has 1 aromatic heterocycles. The standard InChI is InChI=1S/C24H29N3O2/c1-3-13-26-23(29)24(12-8-15-27(18-24)22(28)4-2)16-19-9-5-6-11-21(19)20-10-7-14-25-17-20/h3,5-7,9-11,14,17H,1,4,8,12-13,15-16,18H2,2H3,(H,26,29). The molecule has 1 aromatic carbocycles. The van der Waals surface area contributed by atoms with Crippen LogP contribution < -0.4 is 5.32 Å². The van der Waals surface area contributed by atoms with Crippen molar-refractivity contribution in [1.82, 2.24) is 15.2 Å². The van der Waals surface area contributed by atoms with Crippen molar-refractivity contribution in [2.24, 2.45) is 5.41 Å². The van der Waals surface area contributed by atoms with E-state index in [4.69, 9.17) is 0 Å². The average molecular weight is 392 g/mol. The lowest BCUT2D eigenvalue weighted by Gasteiger charge is -2.42. The van der Waals surface area contributed by atoms with Crippen LogP contribution in [0.2, 0.25) is 0 Å². The number of pyridine rings is 1. The summed E-state index contributed by atoms with van der Waals surface area (Å²) in [5.74, 6) is 0.0955. The average Bonchev–Trinajstić information content (AvgIpc) is 2.78. The molecular formula is C24H29N3O2. The van der Waals surface area contributed by atoms with Crippen LogP contribution in [0.3, 0.4) is 0 Å². The molecule has 0 aliphatic carbocycles. The fourth-order valence-electron chi connectivity index (χ4n) is 4.17. The van der Waals surface area contributed by atoms with Gasteiger partial charge >= 0.3 is 0 Å². The Morgan fingerprint density at radius 2 is 2.10 bits per heavy atom. The normalized spacial score (nSPS) is 18.9. The van der Waals surface area contributed by atoms with E-state index in [0.717, 1.165) is 29.5 Å². The lowest BCUT2D eigenvalue weighted by atomic mass is 9.73. The molecule has 5 nitrogen and oxygen atoms in total. The van der Waals surface area contributed by atoms with Crippen LogP contribution in [-0.2, 0) is 16.0 Å². The highest BCUT2D eigenvalue weighted by atomic mass is 16.2.